The Kier molecular flexibility index (Phi) is 6.98. The molecule has 0 heterocycles. The van der Waals surface area contributed by atoms with Gasteiger partial charge in [-0.25, -0.2) is 5.11 Å². The van der Waals surface area contributed by atoms with Gasteiger partial charge in [0.05, 0.1) is 12.7 Å². The number of rotatable bonds is 6. The second kappa shape index (κ2) is 7.03. The van der Waals surface area contributed by atoms with Gasteiger partial charge in [-0.3, -0.25) is 0 Å². The molecule has 0 rings (SSSR count). The van der Waals surface area contributed by atoms with Gasteiger partial charge in [0.15, 0.2) is 0 Å². The summed E-state index contributed by atoms with van der Waals surface area (Å²) in [4.78, 5) is 0. The van der Waals surface area contributed by atoms with E-state index in [1.54, 1.807) is 0 Å². The molecule has 61 valence electrons. The predicted molar refractivity (Wildman–Crippen MR) is 40.5 cm³/mol. The van der Waals surface area contributed by atoms with Gasteiger partial charge in [-0.1, -0.05) is 20.3 Å². The summed E-state index contributed by atoms with van der Waals surface area (Å²) in [6.45, 7) is 4.48. The van der Waals surface area contributed by atoms with Crippen LogP contribution in [0, 0.1) is 0 Å². The molecule has 0 spiro atoms. The molecule has 1 unspecified atom stereocenters. The third-order valence-electron chi connectivity index (χ3n) is 1.50. The molecular weight excluding hydrogens is 128 g/mol. The molecule has 0 saturated heterocycles. The first-order valence-electron chi connectivity index (χ1n) is 4.04. The van der Waals surface area contributed by atoms with Crippen molar-refractivity contribution in [2.24, 2.45) is 0 Å². The minimum Gasteiger partial charge on any atom is -0.376 e. The van der Waals surface area contributed by atoms with E-state index in [4.69, 9.17) is 4.74 Å². The van der Waals surface area contributed by atoms with E-state index in [1.807, 2.05) is 0 Å². The van der Waals surface area contributed by atoms with Crippen molar-refractivity contribution in [2.45, 2.75) is 39.2 Å². The highest BCUT2D eigenvalue weighted by atomic mass is 16.5. The van der Waals surface area contributed by atoms with Gasteiger partial charge in [0.25, 0.3) is 0 Å². The summed E-state index contributed by atoms with van der Waals surface area (Å²) >= 11 is 0. The van der Waals surface area contributed by atoms with Gasteiger partial charge in [0, 0.05) is 0 Å². The largest absolute Gasteiger partial charge is 0.376 e. The Hall–Kier alpha value is -0.0800. The molecule has 0 bridgehead atoms. The Balaban J connectivity index is 3.21. The van der Waals surface area contributed by atoms with Crippen molar-refractivity contribution < 1.29 is 9.84 Å². The summed E-state index contributed by atoms with van der Waals surface area (Å²) in [5.74, 6) is 0. The van der Waals surface area contributed by atoms with Crippen LogP contribution in [0.3, 0.4) is 0 Å². The van der Waals surface area contributed by atoms with Crippen molar-refractivity contribution in [3.05, 3.63) is 0 Å². The molecule has 2 heteroatoms. The lowest BCUT2D eigenvalue weighted by molar-refractivity contribution is 0.00643. The number of hydrogen-bond acceptors (Lipinski definition) is 1. The average Bonchev–Trinajstić information content (AvgIpc) is 1.98. The molecule has 10 heavy (non-hydrogen) atoms. The van der Waals surface area contributed by atoms with Crippen LogP contribution >= 0.6 is 0 Å². The van der Waals surface area contributed by atoms with E-state index in [2.05, 4.69) is 13.8 Å². The van der Waals surface area contributed by atoms with Crippen LogP contribution in [-0.2, 0) is 9.84 Å². The predicted octanol–water partition coefficient (Wildman–Crippen LogP) is 2.01. The maximum Gasteiger partial charge on any atom is 0.106 e. The van der Waals surface area contributed by atoms with Crippen LogP contribution in [0.15, 0.2) is 0 Å². The topological polar surface area (TPSA) is 29.1 Å². The van der Waals surface area contributed by atoms with Gasteiger partial charge in [0.1, 0.15) is 6.61 Å². The lowest BCUT2D eigenvalue weighted by Crippen LogP contribution is -2.13. The standard InChI is InChI=1S/C8H17O2/c1-3-5-8(4-2)10-7-6-9/h8H,3-7H2,1-2H3. The van der Waals surface area contributed by atoms with E-state index in [1.165, 1.54) is 0 Å². The van der Waals surface area contributed by atoms with Gasteiger partial charge in [-0.2, -0.15) is 0 Å². The summed E-state index contributed by atoms with van der Waals surface area (Å²) in [5, 5.41) is 10.0. The first kappa shape index (κ1) is 9.92. The van der Waals surface area contributed by atoms with Crippen molar-refractivity contribution >= 4 is 0 Å². The molecule has 0 aliphatic heterocycles. The summed E-state index contributed by atoms with van der Waals surface area (Å²) in [6, 6.07) is 0. The van der Waals surface area contributed by atoms with Crippen LogP contribution in [0.2, 0.25) is 0 Å². The second-order valence-corrected chi connectivity index (χ2v) is 2.39. The molecule has 0 fully saturated rings. The number of hydrogen-bond donors (Lipinski definition) is 0. The molecule has 0 aliphatic carbocycles. The summed E-state index contributed by atoms with van der Waals surface area (Å²) in [6.07, 6.45) is 3.56. The Morgan fingerprint density at radius 3 is 2.50 bits per heavy atom. The van der Waals surface area contributed by atoms with Crippen LogP contribution < -0.4 is 0 Å². The quantitative estimate of drug-likeness (QED) is 0.562. The van der Waals surface area contributed by atoms with Crippen molar-refractivity contribution in [1.82, 2.24) is 0 Å². The smallest absolute Gasteiger partial charge is 0.106 e. The van der Waals surface area contributed by atoms with Gasteiger partial charge in [-0.15, -0.1) is 0 Å². The van der Waals surface area contributed by atoms with Crippen molar-refractivity contribution in [3.8, 4) is 0 Å². The molecular formula is C8H17O2. The summed E-state index contributed by atoms with van der Waals surface area (Å²) < 4.78 is 5.27. The lowest BCUT2D eigenvalue weighted by atomic mass is 10.2. The molecule has 1 atom stereocenters. The van der Waals surface area contributed by atoms with Gasteiger partial charge in [-0.05, 0) is 12.8 Å². The molecule has 2 nitrogen and oxygen atoms in total. The molecule has 0 aromatic rings. The van der Waals surface area contributed by atoms with Crippen molar-refractivity contribution in [3.63, 3.8) is 0 Å². The van der Waals surface area contributed by atoms with E-state index in [9.17, 15) is 5.11 Å². The van der Waals surface area contributed by atoms with Gasteiger partial charge >= 0.3 is 0 Å². The molecule has 0 N–H and O–H groups in total. The lowest BCUT2D eigenvalue weighted by Gasteiger charge is -2.13. The van der Waals surface area contributed by atoms with Gasteiger partial charge in [0.2, 0.25) is 0 Å². The van der Waals surface area contributed by atoms with Crippen molar-refractivity contribution in [2.75, 3.05) is 13.2 Å². The molecule has 0 saturated carbocycles. The molecule has 0 aromatic heterocycles. The van der Waals surface area contributed by atoms with Crippen LogP contribution in [0.5, 0.6) is 0 Å². The normalized spacial score (nSPS) is 13.5. The second-order valence-electron chi connectivity index (χ2n) is 2.39. The maximum atomic E-state index is 10.0. The maximum absolute atomic E-state index is 10.0. The molecule has 0 amide bonds. The minimum absolute atomic E-state index is 0.111. The Labute approximate surface area is 63.2 Å². The van der Waals surface area contributed by atoms with E-state index >= 15 is 0 Å². The molecule has 1 radical (unpaired) electrons. The third-order valence-corrected chi connectivity index (χ3v) is 1.50. The van der Waals surface area contributed by atoms with E-state index in [-0.39, 0.29) is 6.61 Å². The summed E-state index contributed by atoms with van der Waals surface area (Å²) in [5.41, 5.74) is 0. The fourth-order valence-corrected chi connectivity index (χ4v) is 0.942. The van der Waals surface area contributed by atoms with Crippen LogP contribution in [0.25, 0.3) is 0 Å². The van der Waals surface area contributed by atoms with E-state index in [0.29, 0.717) is 12.7 Å². The zero-order chi connectivity index (χ0) is 7.82. The highest BCUT2D eigenvalue weighted by Crippen LogP contribution is 2.05. The zero-order valence-corrected chi connectivity index (χ0v) is 6.93. The van der Waals surface area contributed by atoms with Crippen LogP contribution in [0.1, 0.15) is 33.1 Å². The van der Waals surface area contributed by atoms with Gasteiger partial charge < -0.3 is 4.74 Å². The third kappa shape index (κ3) is 4.77. The number of ether oxygens (including phenoxy) is 1. The highest BCUT2D eigenvalue weighted by Gasteiger charge is 2.03. The minimum atomic E-state index is -0.111. The van der Waals surface area contributed by atoms with Crippen LogP contribution in [-0.4, -0.2) is 19.3 Å². The first-order chi connectivity index (χ1) is 4.85. The Morgan fingerprint density at radius 2 is 2.10 bits per heavy atom. The van der Waals surface area contributed by atoms with E-state index in [0.717, 1.165) is 19.3 Å². The average molecular weight is 145 g/mol. The van der Waals surface area contributed by atoms with Crippen molar-refractivity contribution in [1.29, 1.82) is 0 Å². The fraction of sp³-hybridized carbons (Fsp3) is 1.00. The van der Waals surface area contributed by atoms with Crippen LogP contribution in [0.4, 0.5) is 0 Å². The zero-order valence-electron chi connectivity index (χ0n) is 6.93. The monoisotopic (exact) mass is 145 g/mol. The first-order valence-corrected chi connectivity index (χ1v) is 4.04. The Morgan fingerprint density at radius 1 is 1.40 bits per heavy atom. The van der Waals surface area contributed by atoms with E-state index < -0.39 is 0 Å². The fourth-order valence-electron chi connectivity index (χ4n) is 0.942. The molecule has 0 aromatic carbocycles. The highest BCUT2D eigenvalue weighted by molar-refractivity contribution is 4.52. The SMILES string of the molecule is CCCC(CC)OCC[O]. The Bertz CT molecular complexity index is 64.3. The molecule has 0 aliphatic rings. The summed E-state index contributed by atoms with van der Waals surface area (Å²) in [7, 11) is 0.